The molecule has 78 heavy (non-hydrogen) atoms. The maximum Gasteiger partial charge on any atom is 0.472 e. The molecule has 0 aliphatic rings. The molecule has 10 heteroatoms. The molecule has 0 bridgehead atoms. The summed E-state index contributed by atoms with van der Waals surface area (Å²) in [5.74, 6) is -0.530. The Bertz CT molecular complexity index is 1700. The fourth-order valence-corrected chi connectivity index (χ4v) is 9.41. The van der Waals surface area contributed by atoms with Gasteiger partial charge >= 0.3 is 13.8 Å². The second-order valence-corrected chi connectivity index (χ2v) is 23.7. The van der Waals surface area contributed by atoms with Gasteiger partial charge in [0.1, 0.15) is 19.3 Å². The molecule has 3 atom stereocenters. The van der Waals surface area contributed by atoms with Gasteiger partial charge in [-0.1, -0.05) is 259 Å². The Morgan fingerprint density at radius 3 is 1.37 bits per heavy atom. The van der Waals surface area contributed by atoms with Gasteiger partial charge in [0.15, 0.2) is 0 Å². The number of rotatable bonds is 56. The lowest BCUT2D eigenvalue weighted by Gasteiger charge is -2.27. The van der Waals surface area contributed by atoms with Crippen LogP contribution >= 0.6 is 7.82 Å². The molecule has 0 spiro atoms. The number of nitrogens with zero attached hydrogens (tertiary/aromatic N) is 1. The molecule has 0 aromatic rings. The number of phosphoric ester groups is 1. The molecule has 1 amide bonds. The van der Waals surface area contributed by atoms with E-state index >= 15 is 0 Å². The predicted molar refractivity (Wildman–Crippen MR) is 337 cm³/mol. The smallest absolute Gasteiger partial charge is 0.456 e. The van der Waals surface area contributed by atoms with Gasteiger partial charge in [-0.3, -0.25) is 18.6 Å². The van der Waals surface area contributed by atoms with Crippen molar-refractivity contribution in [3.8, 4) is 0 Å². The maximum absolute atomic E-state index is 13.5. The molecule has 0 saturated heterocycles. The minimum absolute atomic E-state index is 0.0315. The summed E-state index contributed by atoms with van der Waals surface area (Å²) in [6.45, 7) is 6.75. The van der Waals surface area contributed by atoms with Crippen LogP contribution in [0.15, 0.2) is 109 Å². The van der Waals surface area contributed by atoms with Crippen LogP contribution in [0.5, 0.6) is 0 Å². The summed E-state index contributed by atoms with van der Waals surface area (Å²) in [6.07, 6.45) is 78.0. The van der Waals surface area contributed by atoms with E-state index in [1.165, 1.54) is 103 Å². The van der Waals surface area contributed by atoms with Crippen molar-refractivity contribution < 1.29 is 37.3 Å². The van der Waals surface area contributed by atoms with Crippen LogP contribution in [0, 0.1) is 0 Å². The van der Waals surface area contributed by atoms with Gasteiger partial charge in [-0.15, -0.1) is 0 Å². The van der Waals surface area contributed by atoms with Crippen molar-refractivity contribution in [2.75, 3.05) is 40.9 Å². The van der Waals surface area contributed by atoms with E-state index in [2.05, 4.69) is 123 Å². The third-order valence-electron chi connectivity index (χ3n) is 13.5. The third kappa shape index (κ3) is 57.4. The fourth-order valence-electron chi connectivity index (χ4n) is 8.67. The molecule has 0 aliphatic carbocycles. The van der Waals surface area contributed by atoms with Crippen LogP contribution in [0.2, 0.25) is 0 Å². The number of hydrogen-bond acceptors (Lipinski definition) is 6. The first-order chi connectivity index (χ1) is 37.9. The molecule has 3 unspecified atom stereocenters. The van der Waals surface area contributed by atoms with Crippen molar-refractivity contribution in [2.45, 2.75) is 270 Å². The van der Waals surface area contributed by atoms with Gasteiger partial charge < -0.3 is 19.4 Å². The Kier molecular flexibility index (Phi) is 54.5. The van der Waals surface area contributed by atoms with E-state index in [0.29, 0.717) is 17.4 Å². The number of carbonyl (C=O) groups excluding carboxylic acids is 2. The summed E-state index contributed by atoms with van der Waals surface area (Å²) in [5, 5.41) is 3.05. The van der Waals surface area contributed by atoms with Gasteiger partial charge in [0.05, 0.1) is 33.8 Å². The molecule has 0 fully saturated rings. The van der Waals surface area contributed by atoms with Gasteiger partial charge in [0.2, 0.25) is 5.91 Å². The quantitative estimate of drug-likeness (QED) is 0.0156. The molecule has 9 nitrogen and oxygen atoms in total. The third-order valence-corrected chi connectivity index (χ3v) is 14.5. The van der Waals surface area contributed by atoms with Crippen molar-refractivity contribution in [1.29, 1.82) is 0 Å². The van der Waals surface area contributed by atoms with Crippen molar-refractivity contribution in [3.63, 3.8) is 0 Å². The number of unbranched alkanes of at least 4 members (excludes halogenated alkanes) is 26. The zero-order chi connectivity index (χ0) is 57.2. The van der Waals surface area contributed by atoms with E-state index in [4.69, 9.17) is 13.8 Å². The number of esters is 1. The van der Waals surface area contributed by atoms with Gasteiger partial charge in [-0.25, -0.2) is 4.57 Å². The first kappa shape index (κ1) is 74.7. The average molecular weight is 1110 g/mol. The first-order valence-corrected chi connectivity index (χ1v) is 33.2. The van der Waals surface area contributed by atoms with Crippen molar-refractivity contribution in [2.24, 2.45) is 0 Å². The zero-order valence-electron chi connectivity index (χ0n) is 51.1. The molecule has 0 radical (unpaired) electrons. The van der Waals surface area contributed by atoms with Gasteiger partial charge in [0, 0.05) is 12.8 Å². The summed E-state index contributed by atoms with van der Waals surface area (Å²) in [7, 11) is 1.47. The zero-order valence-corrected chi connectivity index (χ0v) is 52.0. The Labute approximate surface area is 481 Å². The SMILES string of the molecule is CC/C=C\C/C=C\C/C=C\C/C=C\C/C=C\CCCCCCCCCCCC(=O)OC(/C=C\CCCCCCCCCCCC)C(COP(=O)(O)OCC[N+](C)(C)C)NC(=O)CCCCCCCCC/C=C/C=C/C=C/CC. The minimum Gasteiger partial charge on any atom is -0.456 e. The molecule has 0 heterocycles. The lowest BCUT2D eigenvalue weighted by atomic mass is 10.0. The summed E-state index contributed by atoms with van der Waals surface area (Å²) < 4.78 is 30.7. The van der Waals surface area contributed by atoms with E-state index in [1.807, 2.05) is 33.3 Å². The van der Waals surface area contributed by atoms with Crippen LogP contribution in [0.25, 0.3) is 0 Å². The lowest BCUT2D eigenvalue weighted by molar-refractivity contribution is -0.870. The number of phosphoric acid groups is 1. The number of nitrogens with one attached hydrogen (secondary N) is 1. The van der Waals surface area contributed by atoms with E-state index in [-0.39, 0.29) is 31.5 Å². The highest BCUT2D eigenvalue weighted by Gasteiger charge is 2.30. The minimum atomic E-state index is -4.46. The highest BCUT2D eigenvalue weighted by molar-refractivity contribution is 7.47. The number of amides is 1. The van der Waals surface area contributed by atoms with Crippen LogP contribution < -0.4 is 5.32 Å². The van der Waals surface area contributed by atoms with Crippen LogP contribution in [0.1, 0.15) is 258 Å². The molecule has 0 aromatic carbocycles. The van der Waals surface area contributed by atoms with E-state index < -0.39 is 20.0 Å². The standard InChI is InChI=1S/C68H119N2O7P/c1-7-10-13-16-19-22-25-28-30-31-32-33-34-35-36-37-38-39-41-43-46-49-52-55-58-61-68(72)77-66(59-56-53-50-47-44-27-24-21-18-15-12-9-3)65(64-76-78(73,74)75-63-62-70(4,5)6)69-67(71)60-57-54-51-48-45-42-40-29-26-23-20-17-14-11-8-2/h10-11,13-14,17,19-20,22-23,26,28,30,32-33,35-36,56,59,65-66H,7-9,12,15-16,18,21,24-25,27,29,31,34,37-55,57-58,60-64H2,1-6H3,(H-,69,71,73,74)/p+1/b13-10-,14-11+,20-17+,22-19-,26-23+,30-28-,33-32-,36-35-,59-56-. The maximum atomic E-state index is 13.5. The average Bonchev–Trinajstić information content (AvgIpc) is 3.40. The Morgan fingerprint density at radius 2 is 0.885 bits per heavy atom. The molecule has 448 valence electrons. The normalized spacial score (nSPS) is 14.4. The number of likely N-dealkylation sites (N-methyl/N-ethyl adjacent to an activating group) is 1. The second kappa shape index (κ2) is 56.9. The van der Waals surface area contributed by atoms with Crippen molar-refractivity contribution >= 4 is 19.7 Å². The van der Waals surface area contributed by atoms with Crippen LogP contribution in [-0.2, 0) is 27.9 Å². The van der Waals surface area contributed by atoms with Gasteiger partial charge in [0.25, 0.3) is 0 Å². The van der Waals surface area contributed by atoms with E-state index in [9.17, 15) is 19.0 Å². The molecule has 2 N–H and O–H groups in total. The molecule has 0 aliphatic heterocycles. The van der Waals surface area contributed by atoms with Crippen LogP contribution in [-0.4, -0.2) is 74.3 Å². The van der Waals surface area contributed by atoms with E-state index in [0.717, 1.165) is 122 Å². The van der Waals surface area contributed by atoms with E-state index in [1.54, 1.807) is 0 Å². The first-order valence-electron chi connectivity index (χ1n) is 31.7. The summed E-state index contributed by atoms with van der Waals surface area (Å²) in [6, 6.07) is -0.864. The molecular formula is C68H120N2O7P+. The van der Waals surface area contributed by atoms with Gasteiger partial charge in [-0.05, 0) is 96.0 Å². The summed E-state index contributed by atoms with van der Waals surface area (Å²) in [4.78, 5) is 37.7. The Hall–Kier alpha value is -3.33. The van der Waals surface area contributed by atoms with Crippen LogP contribution in [0.4, 0.5) is 0 Å². The second-order valence-electron chi connectivity index (χ2n) is 22.2. The van der Waals surface area contributed by atoms with Crippen molar-refractivity contribution in [1.82, 2.24) is 5.32 Å². The summed E-state index contributed by atoms with van der Waals surface area (Å²) >= 11 is 0. The number of hydrogen-bond donors (Lipinski definition) is 2. The summed E-state index contributed by atoms with van der Waals surface area (Å²) in [5.41, 5.74) is 0. The van der Waals surface area contributed by atoms with Crippen LogP contribution in [0.3, 0.4) is 0 Å². The highest BCUT2D eigenvalue weighted by Crippen LogP contribution is 2.43. The topological polar surface area (TPSA) is 111 Å². The number of carbonyl (C=O) groups is 2. The predicted octanol–water partition coefficient (Wildman–Crippen LogP) is 19.7. The lowest BCUT2D eigenvalue weighted by Crippen LogP contribution is -2.47. The Morgan fingerprint density at radius 1 is 0.474 bits per heavy atom. The molecule has 0 saturated carbocycles. The van der Waals surface area contributed by atoms with Gasteiger partial charge in [-0.2, -0.15) is 0 Å². The number of ether oxygens (including phenoxy) is 1. The molecule has 0 rings (SSSR count). The monoisotopic (exact) mass is 1110 g/mol. The molecule has 0 aromatic heterocycles. The Balaban J connectivity index is 5.18. The van der Waals surface area contributed by atoms with Crippen molar-refractivity contribution in [3.05, 3.63) is 109 Å². The molecular weight excluding hydrogens is 988 g/mol. The number of allylic oxidation sites excluding steroid dienone is 17. The number of quaternary nitrogens is 1. The highest BCUT2D eigenvalue weighted by atomic mass is 31.2. The largest absolute Gasteiger partial charge is 0.472 e. The fraction of sp³-hybridized carbons (Fsp3) is 0.706.